The van der Waals surface area contributed by atoms with Gasteiger partial charge in [-0.05, 0) is 30.9 Å². The zero-order chi connectivity index (χ0) is 18.0. The third-order valence-corrected chi connectivity index (χ3v) is 7.38. The molecule has 0 aliphatic carbocycles. The Bertz CT molecular complexity index is 849. The van der Waals surface area contributed by atoms with Crippen LogP contribution < -0.4 is 0 Å². The average Bonchev–Trinajstić information content (AvgIpc) is 3.22. The number of halogens is 1. The van der Waals surface area contributed by atoms with Crippen LogP contribution in [0, 0.1) is 5.82 Å². The van der Waals surface area contributed by atoms with Crippen molar-refractivity contribution in [1.82, 2.24) is 4.90 Å². The second kappa shape index (κ2) is 7.25. The second-order valence-corrected chi connectivity index (χ2v) is 9.56. The maximum Gasteiger partial charge on any atom is 0.231 e. The van der Waals surface area contributed by atoms with Crippen LogP contribution in [0.3, 0.4) is 0 Å². The Morgan fingerprint density at radius 1 is 1.32 bits per heavy atom. The summed E-state index contributed by atoms with van der Waals surface area (Å²) in [6.07, 6.45) is 0.402. The van der Waals surface area contributed by atoms with Gasteiger partial charge in [-0.25, -0.2) is 12.8 Å². The van der Waals surface area contributed by atoms with Crippen molar-refractivity contribution >= 4 is 27.1 Å². The molecule has 1 aliphatic rings. The number of nitrogens with zero attached hydrogens (tertiary/aromatic N) is 1. The molecule has 1 aromatic heterocycles. The van der Waals surface area contributed by atoms with E-state index in [2.05, 4.69) is 0 Å². The summed E-state index contributed by atoms with van der Waals surface area (Å²) < 4.78 is 37.8. The van der Waals surface area contributed by atoms with Gasteiger partial charge in [0.05, 0.1) is 17.4 Å². The largest absolute Gasteiger partial charge is 0.334 e. The number of sulfone groups is 1. The number of hydrogen-bond donors (Lipinski definition) is 0. The molecule has 2 atom stereocenters. The lowest BCUT2D eigenvalue weighted by Crippen LogP contribution is -2.42. The summed E-state index contributed by atoms with van der Waals surface area (Å²) in [6, 6.07) is 9.67. The lowest BCUT2D eigenvalue weighted by molar-refractivity contribution is -0.135. The van der Waals surface area contributed by atoms with Crippen LogP contribution in [0.4, 0.5) is 4.39 Å². The van der Waals surface area contributed by atoms with E-state index in [0.29, 0.717) is 12.0 Å². The maximum atomic E-state index is 14.1. The van der Waals surface area contributed by atoms with E-state index in [9.17, 15) is 17.6 Å². The molecular formula is C18H20FNO3S2. The highest BCUT2D eigenvalue weighted by atomic mass is 32.2. The van der Waals surface area contributed by atoms with Gasteiger partial charge < -0.3 is 4.90 Å². The number of amides is 1. The molecule has 2 heterocycles. The first kappa shape index (κ1) is 18.1. The number of carbonyl (C=O) groups excluding carboxylic acids is 1. The number of thiophene rings is 1. The SMILES string of the molecule is CC(C(=O)N(Cc1ccccc1F)C1CCS(=O)(=O)C1)c1cccs1. The first-order valence-corrected chi connectivity index (χ1v) is 10.9. The Labute approximate surface area is 151 Å². The molecule has 1 amide bonds. The van der Waals surface area contributed by atoms with Crippen LogP contribution in [0.5, 0.6) is 0 Å². The van der Waals surface area contributed by atoms with E-state index in [1.807, 2.05) is 24.4 Å². The van der Waals surface area contributed by atoms with Crippen LogP contribution >= 0.6 is 11.3 Å². The molecule has 0 spiro atoms. The molecular weight excluding hydrogens is 361 g/mol. The lowest BCUT2D eigenvalue weighted by Gasteiger charge is -2.31. The van der Waals surface area contributed by atoms with Gasteiger partial charge in [-0.3, -0.25) is 4.79 Å². The van der Waals surface area contributed by atoms with E-state index >= 15 is 0 Å². The fourth-order valence-electron chi connectivity index (χ4n) is 3.13. The zero-order valence-corrected chi connectivity index (χ0v) is 15.5. The zero-order valence-electron chi connectivity index (χ0n) is 13.9. The Balaban J connectivity index is 1.89. The highest BCUT2D eigenvalue weighted by Gasteiger charge is 2.36. The van der Waals surface area contributed by atoms with Crippen molar-refractivity contribution in [3.63, 3.8) is 0 Å². The molecule has 1 aliphatic heterocycles. The molecule has 1 fully saturated rings. The summed E-state index contributed by atoms with van der Waals surface area (Å²) >= 11 is 1.49. The molecule has 134 valence electrons. The molecule has 0 radical (unpaired) electrons. The van der Waals surface area contributed by atoms with Gasteiger partial charge in [-0.2, -0.15) is 0 Å². The van der Waals surface area contributed by atoms with Gasteiger partial charge in [0.2, 0.25) is 5.91 Å². The predicted octanol–water partition coefficient (Wildman–Crippen LogP) is 3.21. The molecule has 1 aromatic carbocycles. The average molecular weight is 381 g/mol. The lowest BCUT2D eigenvalue weighted by atomic mass is 10.0. The highest BCUT2D eigenvalue weighted by molar-refractivity contribution is 7.91. The molecule has 3 rings (SSSR count). The van der Waals surface area contributed by atoms with Crippen molar-refractivity contribution in [2.75, 3.05) is 11.5 Å². The van der Waals surface area contributed by atoms with E-state index in [0.717, 1.165) is 4.88 Å². The van der Waals surface area contributed by atoms with Gasteiger partial charge in [-0.15, -0.1) is 11.3 Å². The van der Waals surface area contributed by atoms with E-state index < -0.39 is 15.9 Å². The van der Waals surface area contributed by atoms with Crippen LogP contribution in [0.2, 0.25) is 0 Å². The predicted molar refractivity (Wildman–Crippen MR) is 96.7 cm³/mol. The van der Waals surface area contributed by atoms with Crippen molar-refractivity contribution in [2.45, 2.75) is 31.8 Å². The quantitative estimate of drug-likeness (QED) is 0.799. The summed E-state index contributed by atoms with van der Waals surface area (Å²) in [6.45, 7) is 1.90. The highest BCUT2D eigenvalue weighted by Crippen LogP contribution is 2.28. The number of hydrogen-bond acceptors (Lipinski definition) is 4. The Kier molecular flexibility index (Phi) is 5.24. The van der Waals surface area contributed by atoms with Gasteiger partial charge in [0.25, 0.3) is 0 Å². The molecule has 4 nitrogen and oxygen atoms in total. The van der Waals surface area contributed by atoms with Gasteiger partial charge in [0.15, 0.2) is 9.84 Å². The molecule has 25 heavy (non-hydrogen) atoms. The van der Waals surface area contributed by atoms with Crippen molar-refractivity contribution < 1.29 is 17.6 Å². The third-order valence-electron chi connectivity index (χ3n) is 4.57. The third kappa shape index (κ3) is 4.10. The fourth-order valence-corrected chi connectivity index (χ4v) is 5.63. The molecule has 0 saturated carbocycles. The van der Waals surface area contributed by atoms with Crippen LogP contribution in [0.1, 0.15) is 29.7 Å². The van der Waals surface area contributed by atoms with Crippen LogP contribution in [-0.2, 0) is 21.2 Å². The van der Waals surface area contributed by atoms with Gasteiger partial charge in [0, 0.05) is 23.0 Å². The fraction of sp³-hybridized carbons (Fsp3) is 0.389. The molecule has 0 N–H and O–H groups in total. The van der Waals surface area contributed by atoms with E-state index in [4.69, 9.17) is 0 Å². The second-order valence-electron chi connectivity index (χ2n) is 6.35. The minimum atomic E-state index is -3.14. The first-order chi connectivity index (χ1) is 11.9. The van der Waals surface area contributed by atoms with Gasteiger partial charge in [-0.1, -0.05) is 24.3 Å². The Morgan fingerprint density at radius 2 is 2.08 bits per heavy atom. The molecule has 0 bridgehead atoms. The van der Waals surface area contributed by atoms with Crippen molar-refractivity contribution in [3.05, 3.63) is 58.0 Å². The number of carbonyl (C=O) groups is 1. The van der Waals surface area contributed by atoms with Crippen LogP contribution in [0.15, 0.2) is 41.8 Å². The molecule has 7 heteroatoms. The molecule has 1 saturated heterocycles. The minimum absolute atomic E-state index is 0.0512. The van der Waals surface area contributed by atoms with Crippen molar-refractivity contribution in [1.29, 1.82) is 0 Å². The summed E-state index contributed by atoms with van der Waals surface area (Å²) in [4.78, 5) is 15.5. The summed E-state index contributed by atoms with van der Waals surface area (Å²) in [7, 11) is -3.14. The van der Waals surface area contributed by atoms with Crippen molar-refractivity contribution in [2.24, 2.45) is 0 Å². The van der Waals surface area contributed by atoms with Crippen LogP contribution in [-0.4, -0.2) is 36.8 Å². The summed E-state index contributed by atoms with van der Waals surface area (Å²) in [5, 5.41) is 1.90. The summed E-state index contributed by atoms with van der Waals surface area (Å²) in [5.74, 6) is -0.899. The maximum absolute atomic E-state index is 14.1. The standard InChI is InChI=1S/C18H20FNO3S2/c1-13(17-7-4-9-24-17)18(21)20(15-8-10-25(22,23)12-15)11-14-5-2-3-6-16(14)19/h2-7,9,13,15H,8,10-12H2,1H3. The van der Waals surface area contributed by atoms with Crippen molar-refractivity contribution in [3.8, 4) is 0 Å². The van der Waals surface area contributed by atoms with E-state index in [1.54, 1.807) is 23.1 Å². The molecule has 2 unspecified atom stereocenters. The monoisotopic (exact) mass is 381 g/mol. The molecule has 2 aromatic rings. The smallest absolute Gasteiger partial charge is 0.231 e. The normalized spacial score (nSPS) is 20.3. The van der Waals surface area contributed by atoms with Gasteiger partial charge >= 0.3 is 0 Å². The topological polar surface area (TPSA) is 54.5 Å². The number of rotatable bonds is 5. The first-order valence-electron chi connectivity index (χ1n) is 8.15. The van der Waals surface area contributed by atoms with E-state index in [-0.39, 0.29) is 35.7 Å². The number of benzene rings is 1. The van der Waals surface area contributed by atoms with Crippen LogP contribution in [0.25, 0.3) is 0 Å². The van der Waals surface area contributed by atoms with E-state index in [1.165, 1.54) is 17.4 Å². The summed E-state index contributed by atoms with van der Waals surface area (Å²) in [5.41, 5.74) is 0.401. The Morgan fingerprint density at radius 3 is 2.68 bits per heavy atom. The van der Waals surface area contributed by atoms with Gasteiger partial charge in [0.1, 0.15) is 5.82 Å². The Hall–Kier alpha value is -1.73. The minimum Gasteiger partial charge on any atom is -0.334 e.